The maximum Gasteiger partial charge on any atom is 0.220 e. The zero-order chi connectivity index (χ0) is 13.2. The number of hydrogen-bond donors (Lipinski definition) is 1. The highest BCUT2D eigenvalue weighted by Gasteiger charge is 2.20. The van der Waals surface area contributed by atoms with Crippen molar-refractivity contribution in [1.82, 2.24) is 19.7 Å². The van der Waals surface area contributed by atoms with Gasteiger partial charge in [0.2, 0.25) is 10.0 Å². The van der Waals surface area contributed by atoms with Crippen LogP contribution < -0.4 is 0 Å². The monoisotopic (exact) mass is 270 g/mol. The minimum absolute atomic E-state index is 0.168. The van der Waals surface area contributed by atoms with Crippen molar-refractivity contribution in [1.29, 1.82) is 0 Å². The van der Waals surface area contributed by atoms with Crippen molar-refractivity contribution in [2.45, 2.75) is 19.2 Å². The van der Waals surface area contributed by atoms with Crippen molar-refractivity contribution in [3.8, 4) is 0 Å². The Kier molecular flexibility index (Phi) is 3.48. The number of aromatic nitrogens is 3. The molecule has 1 N–H and O–H groups in total. The zero-order valence-corrected chi connectivity index (χ0v) is 10.9. The van der Waals surface area contributed by atoms with Gasteiger partial charge in [0.15, 0.2) is 0 Å². The normalized spacial score (nSPS) is 12.2. The van der Waals surface area contributed by atoms with Crippen LogP contribution in [0.1, 0.15) is 17.0 Å². The fourth-order valence-corrected chi connectivity index (χ4v) is 2.58. The first kappa shape index (κ1) is 12.8. The molecular formula is C10H14N4O3S. The van der Waals surface area contributed by atoms with E-state index < -0.39 is 10.0 Å². The van der Waals surface area contributed by atoms with Crippen LogP contribution in [0.4, 0.5) is 0 Å². The second-order valence-electron chi connectivity index (χ2n) is 4.05. The van der Waals surface area contributed by atoms with E-state index in [-0.39, 0.29) is 12.3 Å². The molecule has 0 aliphatic heterocycles. The molecule has 18 heavy (non-hydrogen) atoms. The molecular weight excluding hydrogens is 256 g/mol. The lowest BCUT2D eigenvalue weighted by molar-refractivity contribution is 0.391. The number of nitrogens with one attached hydrogen (secondary N) is 1. The van der Waals surface area contributed by atoms with E-state index in [9.17, 15) is 8.42 Å². The van der Waals surface area contributed by atoms with Crippen LogP contribution in [-0.4, -0.2) is 35.1 Å². The third-order valence-electron chi connectivity index (χ3n) is 2.44. The Labute approximate surface area is 105 Å². The van der Waals surface area contributed by atoms with E-state index in [1.807, 2.05) is 0 Å². The van der Waals surface area contributed by atoms with Gasteiger partial charge >= 0.3 is 0 Å². The summed E-state index contributed by atoms with van der Waals surface area (Å²) in [6.07, 6.45) is 3.25. The first-order chi connectivity index (χ1) is 8.47. The predicted octanol–water partition coefficient (Wildman–Crippen LogP) is 0.668. The molecule has 2 aromatic heterocycles. The van der Waals surface area contributed by atoms with Crippen LogP contribution in [0.25, 0.3) is 0 Å². The number of nitrogens with zero attached hydrogens (tertiary/aromatic N) is 3. The molecule has 0 amide bonds. The van der Waals surface area contributed by atoms with Gasteiger partial charge in [-0.25, -0.2) is 12.7 Å². The van der Waals surface area contributed by atoms with Gasteiger partial charge in [0, 0.05) is 31.4 Å². The van der Waals surface area contributed by atoms with Gasteiger partial charge in [0.25, 0.3) is 0 Å². The fourth-order valence-electron chi connectivity index (χ4n) is 1.50. The molecule has 98 valence electrons. The lowest BCUT2D eigenvalue weighted by atomic mass is 10.4. The maximum absolute atomic E-state index is 12.0. The van der Waals surface area contributed by atoms with Gasteiger partial charge in [-0.2, -0.15) is 5.10 Å². The number of sulfonamides is 1. The van der Waals surface area contributed by atoms with Crippen LogP contribution in [0.3, 0.4) is 0 Å². The van der Waals surface area contributed by atoms with E-state index in [1.54, 1.807) is 25.4 Å². The summed E-state index contributed by atoms with van der Waals surface area (Å²) in [5.41, 5.74) is 1.21. The molecule has 0 radical (unpaired) electrons. The summed E-state index contributed by atoms with van der Waals surface area (Å²) in [6.45, 7) is 1.99. The van der Waals surface area contributed by atoms with E-state index in [2.05, 4.69) is 15.4 Å². The third kappa shape index (κ3) is 2.96. The molecule has 0 unspecified atom stereocenters. The third-order valence-corrected chi connectivity index (χ3v) is 4.18. The molecule has 2 rings (SSSR count). The Bertz CT molecular complexity index is 603. The van der Waals surface area contributed by atoms with Crippen LogP contribution in [-0.2, 0) is 22.3 Å². The molecule has 0 saturated heterocycles. The van der Waals surface area contributed by atoms with Gasteiger partial charge in [-0.1, -0.05) is 5.16 Å². The van der Waals surface area contributed by atoms with Crippen molar-refractivity contribution < 1.29 is 12.9 Å². The smallest absolute Gasteiger partial charge is 0.220 e. The second kappa shape index (κ2) is 4.91. The van der Waals surface area contributed by atoms with Gasteiger partial charge in [-0.15, -0.1) is 0 Å². The van der Waals surface area contributed by atoms with E-state index in [1.165, 1.54) is 11.4 Å². The lowest BCUT2D eigenvalue weighted by Gasteiger charge is -2.15. The first-order valence-corrected chi connectivity index (χ1v) is 6.92. The van der Waals surface area contributed by atoms with Crippen LogP contribution in [0, 0.1) is 6.92 Å². The average Bonchev–Trinajstić information content (AvgIpc) is 2.90. The molecule has 0 fully saturated rings. The molecule has 0 atom stereocenters. The van der Waals surface area contributed by atoms with E-state index >= 15 is 0 Å². The number of hydrogen-bond acceptors (Lipinski definition) is 5. The van der Waals surface area contributed by atoms with Gasteiger partial charge in [0.05, 0.1) is 6.20 Å². The van der Waals surface area contributed by atoms with Crippen LogP contribution in [0.5, 0.6) is 0 Å². The van der Waals surface area contributed by atoms with Gasteiger partial charge in [-0.05, 0) is 6.92 Å². The summed E-state index contributed by atoms with van der Waals surface area (Å²) in [4.78, 5) is 0. The Balaban J connectivity index is 2.06. The molecule has 0 spiro atoms. The lowest BCUT2D eigenvalue weighted by Crippen LogP contribution is -2.27. The van der Waals surface area contributed by atoms with Crippen LogP contribution in [0.2, 0.25) is 0 Å². The molecule has 0 saturated carbocycles. The number of H-pyrrole nitrogens is 1. The number of aryl methyl sites for hydroxylation is 1. The van der Waals surface area contributed by atoms with Crippen molar-refractivity contribution in [2.24, 2.45) is 0 Å². The highest BCUT2D eigenvalue weighted by atomic mass is 32.2. The largest absolute Gasteiger partial charge is 0.361 e. The zero-order valence-electron chi connectivity index (χ0n) is 10.1. The topological polar surface area (TPSA) is 92.1 Å². The summed E-state index contributed by atoms with van der Waals surface area (Å²) in [7, 11) is -1.88. The standard InChI is InChI=1S/C10H14N4O3S/c1-8-3-10(13-17-8)7-18(15,16)14(2)6-9-4-11-12-5-9/h3-5H,6-7H2,1-2H3,(H,11,12). The minimum atomic E-state index is -3.41. The van der Waals surface area contributed by atoms with Gasteiger partial charge in [0.1, 0.15) is 17.2 Å². The summed E-state index contributed by atoms with van der Waals surface area (Å²) >= 11 is 0. The van der Waals surface area contributed by atoms with Crippen molar-refractivity contribution in [2.75, 3.05) is 7.05 Å². The molecule has 0 aromatic carbocycles. The number of aromatic amines is 1. The first-order valence-electron chi connectivity index (χ1n) is 5.31. The molecule has 8 heteroatoms. The van der Waals surface area contributed by atoms with E-state index in [4.69, 9.17) is 4.52 Å². The molecule has 0 aliphatic rings. The summed E-state index contributed by atoms with van der Waals surface area (Å²) in [5.74, 6) is 0.427. The number of rotatable bonds is 5. The highest BCUT2D eigenvalue weighted by molar-refractivity contribution is 7.88. The second-order valence-corrected chi connectivity index (χ2v) is 6.12. The van der Waals surface area contributed by atoms with Gasteiger partial charge in [-0.3, -0.25) is 5.10 Å². The van der Waals surface area contributed by atoms with Crippen LogP contribution >= 0.6 is 0 Å². The van der Waals surface area contributed by atoms with Crippen molar-refractivity contribution >= 4 is 10.0 Å². The summed E-state index contributed by atoms with van der Waals surface area (Å²) in [6, 6.07) is 1.61. The Hall–Kier alpha value is -1.67. The quantitative estimate of drug-likeness (QED) is 0.862. The molecule has 2 heterocycles. The van der Waals surface area contributed by atoms with Gasteiger partial charge < -0.3 is 4.52 Å². The fraction of sp³-hybridized carbons (Fsp3) is 0.400. The van der Waals surface area contributed by atoms with Crippen molar-refractivity contribution in [3.05, 3.63) is 35.5 Å². The minimum Gasteiger partial charge on any atom is -0.361 e. The SMILES string of the molecule is Cc1cc(CS(=O)(=O)N(C)Cc2cn[nH]c2)no1. The maximum atomic E-state index is 12.0. The average molecular weight is 270 g/mol. The molecule has 7 nitrogen and oxygen atoms in total. The Morgan fingerprint density at radius 2 is 2.28 bits per heavy atom. The van der Waals surface area contributed by atoms with Crippen molar-refractivity contribution in [3.63, 3.8) is 0 Å². The predicted molar refractivity (Wildman–Crippen MR) is 63.9 cm³/mol. The Morgan fingerprint density at radius 3 is 2.83 bits per heavy atom. The molecule has 0 bridgehead atoms. The molecule has 0 aliphatic carbocycles. The van der Waals surface area contributed by atoms with E-state index in [0.29, 0.717) is 11.5 Å². The van der Waals surface area contributed by atoms with E-state index in [0.717, 1.165) is 5.56 Å². The summed E-state index contributed by atoms with van der Waals surface area (Å²) in [5, 5.41) is 10.1. The van der Waals surface area contributed by atoms with Crippen LogP contribution in [0.15, 0.2) is 23.0 Å². The molecule has 2 aromatic rings. The Morgan fingerprint density at radius 1 is 1.50 bits per heavy atom. The summed E-state index contributed by atoms with van der Waals surface area (Å²) < 4.78 is 30.2. The highest BCUT2D eigenvalue weighted by Crippen LogP contribution is 2.12.